The number of alkyl halides is 3. The van der Waals surface area contributed by atoms with Gasteiger partial charge in [-0.25, -0.2) is 0 Å². The summed E-state index contributed by atoms with van der Waals surface area (Å²) in [6, 6.07) is 5.93. The first-order valence-electron chi connectivity index (χ1n) is 6.84. The third kappa shape index (κ3) is 4.23. The Morgan fingerprint density at radius 2 is 1.63 bits per heavy atom. The summed E-state index contributed by atoms with van der Waals surface area (Å²) in [5, 5.41) is 3.44. The third-order valence-electron chi connectivity index (χ3n) is 3.89. The van der Waals surface area contributed by atoms with Crippen LogP contribution < -0.4 is 5.32 Å². The highest BCUT2D eigenvalue weighted by Gasteiger charge is 2.29. The van der Waals surface area contributed by atoms with E-state index >= 15 is 0 Å². The molecule has 4 heteroatoms. The molecule has 1 aromatic rings. The molecule has 0 aromatic heterocycles. The van der Waals surface area contributed by atoms with Crippen LogP contribution in [-0.4, -0.2) is 6.04 Å². The lowest BCUT2D eigenvalue weighted by molar-refractivity contribution is -0.137. The number of rotatable bonds is 3. The Kier molecular flexibility index (Phi) is 4.50. The van der Waals surface area contributed by atoms with E-state index in [1.54, 1.807) is 12.1 Å². The molecule has 0 unspecified atom stereocenters. The molecular weight excluding hydrogens is 251 g/mol. The van der Waals surface area contributed by atoms with Gasteiger partial charge in [0, 0.05) is 12.6 Å². The lowest BCUT2D eigenvalue weighted by Gasteiger charge is -2.27. The fourth-order valence-electron chi connectivity index (χ4n) is 2.54. The van der Waals surface area contributed by atoms with Crippen LogP contribution in [0.15, 0.2) is 24.3 Å². The van der Waals surface area contributed by atoms with Crippen molar-refractivity contribution < 1.29 is 13.2 Å². The van der Waals surface area contributed by atoms with Gasteiger partial charge in [0.15, 0.2) is 0 Å². The zero-order valence-electron chi connectivity index (χ0n) is 11.1. The third-order valence-corrected chi connectivity index (χ3v) is 3.89. The van der Waals surface area contributed by atoms with Crippen LogP contribution in [0.3, 0.4) is 0 Å². The number of hydrogen-bond donors (Lipinski definition) is 1. The topological polar surface area (TPSA) is 12.0 Å². The van der Waals surface area contributed by atoms with Crippen molar-refractivity contribution in [2.75, 3.05) is 0 Å². The molecule has 1 aliphatic rings. The van der Waals surface area contributed by atoms with Gasteiger partial charge >= 0.3 is 6.18 Å². The molecule has 1 fully saturated rings. The minimum atomic E-state index is -4.24. The van der Waals surface area contributed by atoms with Crippen molar-refractivity contribution in [1.29, 1.82) is 0 Å². The van der Waals surface area contributed by atoms with Gasteiger partial charge in [-0.05, 0) is 49.3 Å². The lowest BCUT2D eigenvalue weighted by Crippen LogP contribution is -2.32. The van der Waals surface area contributed by atoms with Crippen LogP contribution in [0.25, 0.3) is 0 Å². The van der Waals surface area contributed by atoms with E-state index < -0.39 is 11.7 Å². The summed E-state index contributed by atoms with van der Waals surface area (Å²) in [6.45, 7) is 2.92. The van der Waals surface area contributed by atoms with Crippen molar-refractivity contribution in [2.45, 2.75) is 51.4 Å². The van der Waals surface area contributed by atoms with Crippen molar-refractivity contribution in [3.8, 4) is 0 Å². The van der Waals surface area contributed by atoms with E-state index in [1.807, 2.05) is 0 Å². The van der Waals surface area contributed by atoms with Crippen LogP contribution in [0.4, 0.5) is 13.2 Å². The first kappa shape index (κ1) is 14.4. The van der Waals surface area contributed by atoms with Gasteiger partial charge in [-0.3, -0.25) is 0 Å². The highest BCUT2D eigenvalue weighted by atomic mass is 19.4. The van der Waals surface area contributed by atoms with Gasteiger partial charge in [-0.15, -0.1) is 0 Å². The summed E-state index contributed by atoms with van der Waals surface area (Å²) in [5.41, 5.74) is 0.328. The molecule has 19 heavy (non-hydrogen) atoms. The molecule has 1 N–H and O–H groups in total. The highest BCUT2D eigenvalue weighted by molar-refractivity contribution is 5.24. The summed E-state index contributed by atoms with van der Waals surface area (Å²) < 4.78 is 37.3. The Labute approximate surface area is 112 Å². The molecule has 1 aromatic carbocycles. The summed E-state index contributed by atoms with van der Waals surface area (Å²) in [4.78, 5) is 0. The molecule has 0 saturated heterocycles. The zero-order chi connectivity index (χ0) is 13.9. The van der Waals surface area contributed by atoms with Gasteiger partial charge in [-0.2, -0.15) is 13.2 Å². The van der Waals surface area contributed by atoms with Crippen LogP contribution in [0.5, 0.6) is 0 Å². The predicted molar refractivity (Wildman–Crippen MR) is 69.7 cm³/mol. The number of nitrogens with one attached hydrogen (secondary N) is 1. The predicted octanol–water partition coefficient (Wildman–Crippen LogP) is 4.37. The van der Waals surface area contributed by atoms with Gasteiger partial charge in [0.05, 0.1) is 5.56 Å². The standard InChI is InChI=1S/C15H20F3N/c1-11-2-8-14(9-3-11)19-10-12-4-6-13(7-5-12)15(16,17)18/h4-7,11,14,19H,2-3,8-10H2,1H3. The van der Waals surface area contributed by atoms with Crippen LogP contribution in [0.1, 0.15) is 43.7 Å². The molecule has 106 valence electrons. The largest absolute Gasteiger partial charge is 0.416 e. The first-order valence-corrected chi connectivity index (χ1v) is 6.84. The molecule has 1 aliphatic carbocycles. The van der Waals surface area contributed by atoms with Crippen molar-refractivity contribution >= 4 is 0 Å². The highest BCUT2D eigenvalue weighted by Crippen LogP contribution is 2.29. The average molecular weight is 271 g/mol. The van der Waals surface area contributed by atoms with Crippen LogP contribution >= 0.6 is 0 Å². The second-order valence-corrected chi connectivity index (χ2v) is 5.53. The first-order chi connectivity index (χ1) is 8.95. The zero-order valence-corrected chi connectivity index (χ0v) is 11.1. The number of halogens is 3. The molecular formula is C15H20F3N. The molecule has 1 saturated carbocycles. The maximum absolute atomic E-state index is 12.4. The van der Waals surface area contributed by atoms with E-state index in [0.29, 0.717) is 12.6 Å². The van der Waals surface area contributed by atoms with Gasteiger partial charge < -0.3 is 5.32 Å². The monoisotopic (exact) mass is 271 g/mol. The molecule has 0 amide bonds. The molecule has 0 bridgehead atoms. The van der Waals surface area contributed by atoms with Gasteiger partial charge in [-0.1, -0.05) is 19.1 Å². The quantitative estimate of drug-likeness (QED) is 0.860. The number of benzene rings is 1. The van der Waals surface area contributed by atoms with Crippen molar-refractivity contribution in [3.05, 3.63) is 35.4 Å². The fourth-order valence-corrected chi connectivity index (χ4v) is 2.54. The SMILES string of the molecule is CC1CCC(NCc2ccc(C(F)(F)F)cc2)CC1. The summed E-state index contributed by atoms with van der Waals surface area (Å²) in [7, 11) is 0. The van der Waals surface area contributed by atoms with E-state index in [0.717, 1.165) is 23.6 Å². The Morgan fingerprint density at radius 3 is 2.16 bits per heavy atom. The summed E-state index contributed by atoms with van der Waals surface area (Å²) in [5.74, 6) is 0.809. The molecule has 0 spiro atoms. The van der Waals surface area contributed by atoms with Gasteiger partial charge in [0.25, 0.3) is 0 Å². The summed E-state index contributed by atoms with van der Waals surface area (Å²) in [6.07, 6.45) is 0.574. The minimum absolute atomic E-state index is 0.512. The Bertz CT molecular complexity index is 389. The Hall–Kier alpha value is -1.03. The fraction of sp³-hybridized carbons (Fsp3) is 0.600. The van der Waals surface area contributed by atoms with E-state index in [1.165, 1.54) is 25.7 Å². The molecule has 0 heterocycles. The average Bonchev–Trinajstić information content (AvgIpc) is 2.37. The number of hydrogen-bond acceptors (Lipinski definition) is 1. The molecule has 2 rings (SSSR count). The van der Waals surface area contributed by atoms with Crippen LogP contribution in [0.2, 0.25) is 0 Å². The lowest BCUT2D eigenvalue weighted by atomic mass is 9.87. The van der Waals surface area contributed by atoms with E-state index in [9.17, 15) is 13.2 Å². The van der Waals surface area contributed by atoms with E-state index in [4.69, 9.17) is 0 Å². The van der Waals surface area contributed by atoms with Gasteiger partial charge in [0.2, 0.25) is 0 Å². The summed E-state index contributed by atoms with van der Waals surface area (Å²) >= 11 is 0. The maximum atomic E-state index is 12.4. The molecule has 0 radical (unpaired) electrons. The van der Waals surface area contributed by atoms with Crippen molar-refractivity contribution in [1.82, 2.24) is 5.32 Å². The molecule has 0 aliphatic heterocycles. The van der Waals surface area contributed by atoms with Gasteiger partial charge in [0.1, 0.15) is 0 Å². The van der Waals surface area contributed by atoms with E-state index in [2.05, 4.69) is 12.2 Å². The van der Waals surface area contributed by atoms with E-state index in [-0.39, 0.29) is 0 Å². The molecule has 1 nitrogen and oxygen atoms in total. The second-order valence-electron chi connectivity index (χ2n) is 5.53. The Balaban J connectivity index is 1.83. The van der Waals surface area contributed by atoms with Crippen molar-refractivity contribution in [3.63, 3.8) is 0 Å². The smallest absolute Gasteiger partial charge is 0.310 e. The van der Waals surface area contributed by atoms with Crippen molar-refractivity contribution in [2.24, 2.45) is 5.92 Å². The Morgan fingerprint density at radius 1 is 1.05 bits per heavy atom. The molecule has 0 atom stereocenters. The minimum Gasteiger partial charge on any atom is -0.310 e. The normalized spacial score (nSPS) is 24.4. The second kappa shape index (κ2) is 5.95. The van der Waals surface area contributed by atoms with Crippen LogP contribution in [0, 0.1) is 5.92 Å². The van der Waals surface area contributed by atoms with Crippen LogP contribution in [-0.2, 0) is 12.7 Å². The maximum Gasteiger partial charge on any atom is 0.416 e.